The maximum Gasteiger partial charge on any atom is 0.307 e. The van der Waals surface area contributed by atoms with Crippen molar-refractivity contribution >= 4 is 38.5 Å². The van der Waals surface area contributed by atoms with Gasteiger partial charge in [-0.15, -0.1) is 0 Å². The van der Waals surface area contributed by atoms with Crippen molar-refractivity contribution in [2.45, 2.75) is 18.2 Å². The number of anilines is 2. The van der Waals surface area contributed by atoms with Gasteiger partial charge in [-0.2, -0.15) is 0 Å². The number of nitrogens with zero attached hydrogens (tertiary/aromatic N) is 3. The standard InChI is InChI=1S/C21H17FN4O4S/c1-13-16(11-21(27)28)17-10-14(22)5-7-18(17)26(13)31(29,30)15-6-8-20(24-12-15)25-19-4-2-3-9-23-19/h2-10,12H,11H2,1H3,(H,27,28)(H,23,24,25). The van der Waals surface area contributed by atoms with Gasteiger partial charge in [0.05, 0.1) is 11.9 Å². The number of aromatic nitrogens is 3. The van der Waals surface area contributed by atoms with Gasteiger partial charge in [-0.1, -0.05) is 6.07 Å². The fourth-order valence-electron chi connectivity index (χ4n) is 3.39. The zero-order valence-corrected chi connectivity index (χ0v) is 17.1. The van der Waals surface area contributed by atoms with Gasteiger partial charge in [0.25, 0.3) is 10.0 Å². The van der Waals surface area contributed by atoms with E-state index in [4.69, 9.17) is 0 Å². The highest BCUT2D eigenvalue weighted by Gasteiger charge is 2.26. The lowest BCUT2D eigenvalue weighted by Crippen LogP contribution is -2.15. The van der Waals surface area contributed by atoms with Gasteiger partial charge in [-0.05, 0) is 55.0 Å². The molecule has 0 fully saturated rings. The van der Waals surface area contributed by atoms with Gasteiger partial charge in [0.2, 0.25) is 0 Å². The Labute approximate surface area is 177 Å². The predicted molar refractivity (Wildman–Crippen MR) is 112 cm³/mol. The molecule has 2 N–H and O–H groups in total. The SMILES string of the molecule is Cc1c(CC(=O)O)c2cc(F)ccc2n1S(=O)(=O)c1ccc(Nc2ccccn2)nc1. The van der Waals surface area contributed by atoms with Gasteiger partial charge in [0.1, 0.15) is 22.3 Å². The summed E-state index contributed by atoms with van der Waals surface area (Å²) in [6.07, 6.45) is 2.38. The first-order valence-corrected chi connectivity index (χ1v) is 10.6. The molecule has 8 nitrogen and oxygen atoms in total. The van der Waals surface area contributed by atoms with Crippen molar-refractivity contribution in [3.8, 4) is 0 Å². The molecule has 0 aliphatic rings. The molecule has 1 aromatic carbocycles. The number of aliphatic carboxylic acids is 1. The third kappa shape index (κ3) is 3.84. The van der Waals surface area contributed by atoms with Crippen molar-refractivity contribution in [1.82, 2.24) is 13.9 Å². The number of pyridine rings is 2. The molecule has 4 aromatic rings. The van der Waals surface area contributed by atoms with Crippen LogP contribution in [-0.2, 0) is 21.2 Å². The van der Waals surface area contributed by atoms with Crippen LogP contribution in [0, 0.1) is 12.7 Å². The molecule has 0 bridgehead atoms. The summed E-state index contributed by atoms with van der Waals surface area (Å²) in [6.45, 7) is 1.50. The Balaban J connectivity index is 1.78. The largest absolute Gasteiger partial charge is 0.481 e. The second-order valence-corrected chi connectivity index (χ2v) is 8.57. The molecular weight excluding hydrogens is 423 g/mol. The second kappa shape index (κ2) is 7.80. The molecule has 0 aliphatic carbocycles. The summed E-state index contributed by atoms with van der Waals surface area (Å²) in [4.78, 5) is 19.5. The van der Waals surface area contributed by atoms with E-state index in [0.717, 1.165) is 16.1 Å². The van der Waals surface area contributed by atoms with Crippen molar-refractivity contribution in [2.24, 2.45) is 0 Å². The van der Waals surface area contributed by atoms with Crippen LogP contribution >= 0.6 is 0 Å². The van der Waals surface area contributed by atoms with E-state index >= 15 is 0 Å². The number of hydrogen-bond donors (Lipinski definition) is 2. The van der Waals surface area contributed by atoms with E-state index in [-0.39, 0.29) is 27.1 Å². The molecule has 0 saturated carbocycles. The lowest BCUT2D eigenvalue weighted by Gasteiger charge is -2.11. The lowest BCUT2D eigenvalue weighted by molar-refractivity contribution is -0.136. The van der Waals surface area contributed by atoms with Crippen LogP contribution in [-0.4, -0.2) is 33.4 Å². The Morgan fingerprint density at radius 2 is 1.90 bits per heavy atom. The molecule has 158 valence electrons. The first kappa shape index (κ1) is 20.5. The van der Waals surface area contributed by atoms with E-state index in [1.165, 1.54) is 31.3 Å². The van der Waals surface area contributed by atoms with Gasteiger partial charge in [-0.25, -0.2) is 26.7 Å². The zero-order chi connectivity index (χ0) is 22.2. The summed E-state index contributed by atoms with van der Waals surface area (Å²) >= 11 is 0. The third-order valence-electron chi connectivity index (χ3n) is 4.77. The number of halogens is 1. The average molecular weight is 440 g/mol. The smallest absolute Gasteiger partial charge is 0.307 e. The van der Waals surface area contributed by atoms with E-state index in [9.17, 15) is 22.7 Å². The highest BCUT2D eigenvalue weighted by Crippen LogP contribution is 2.31. The van der Waals surface area contributed by atoms with Crippen LogP contribution in [0.5, 0.6) is 0 Å². The van der Waals surface area contributed by atoms with Crippen molar-refractivity contribution < 1.29 is 22.7 Å². The van der Waals surface area contributed by atoms with Crippen LogP contribution < -0.4 is 5.32 Å². The van der Waals surface area contributed by atoms with Gasteiger partial charge < -0.3 is 10.4 Å². The number of fused-ring (bicyclic) bond motifs is 1. The fourth-order valence-corrected chi connectivity index (χ4v) is 4.92. The Morgan fingerprint density at radius 1 is 1.13 bits per heavy atom. The maximum absolute atomic E-state index is 13.8. The van der Waals surface area contributed by atoms with E-state index in [2.05, 4.69) is 15.3 Å². The molecule has 4 rings (SSSR count). The first-order chi connectivity index (χ1) is 14.8. The van der Waals surface area contributed by atoms with Crippen molar-refractivity contribution in [3.63, 3.8) is 0 Å². The molecule has 10 heteroatoms. The molecule has 0 aliphatic heterocycles. The molecule has 0 unspecified atom stereocenters. The van der Waals surface area contributed by atoms with E-state index in [0.29, 0.717) is 11.6 Å². The van der Waals surface area contributed by atoms with Crippen LogP contribution in [0.15, 0.2) is 65.8 Å². The monoisotopic (exact) mass is 440 g/mol. The predicted octanol–water partition coefficient (Wildman–Crippen LogP) is 3.49. The number of carboxylic acids is 1. The van der Waals surface area contributed by atoms with Crippen LogP contribution in [0.3, 0.4) is 0 Å². The molecule has 0 amide bonds. The van der Waals surface area contributed by atoms with Crippen LogP contribution in [0.25, 0.3) is 10.9 Å². The summed E-state index contributed by atoms with van der Waals surface area (Å²) in [5.74, 6) is -0.769. The molecule has 3 heterocycles. The van der Waals surface area contributed by atoms with Crippen LogP contribution in [0.4, 0.5) is 16.0 Å². The van der Waals surface area contributed by atoms with E-state index < -0.39 is 28.2 Å². The van der Waals surface area contributed by atoms with E-state index in [1.54, 1.807) is 24.4 Å². The summed E-state index contributed by atoms with van der Waals surface area (Å²) in [6, 6.07) is 11.8. The number of hydrogen-bond acceptors (Lipinski definition) is 6. The quantitative estimate of drug-likeness (QED) is 0.472. The lowest BCUT2D eigenvalue weighted by atomic mass is 10.1. The minimum absolute atomic E-state index is 0.0923. The molecule has 0 radical (unpaired) electrons. The molecular formula is C21H17FN4O4S. The number of carbonyl (C=O) groups is 1. The van der Waals surface area contributed by atoms with Crippen molar-refractivity contribution in [2.75, 3.05) is 5.32 Å². The summed E-state index contributed by atoms with van der Waals surface area (Å²) in [5, 5.41) is 12.4. The fraction of sp³-hybridized carbons (Fsp3) is 0.0952. The Bertz CT molecular complexity index is 1380. The van der Waals surface area contributed by atoms with Crippen molar-refractivity contribution in [3.05, 3.63) is 78.0 Å². The molecule has 0 saturated heterocycles. The van der Waals surface area contributed by atoms with Crippen LogP contribution in [0.1, 0.15) is 11.3 Å². The number of carboxylic acid groups (broad SMARTS) is 1. The minimum Gasteiger partial charge on any atom is -0.481 e. The van der Waals surface area contributed by atoms with Crippen LogP contribution in [0.2, 0.25) is 0 Å². The summed E-state index contributed by atoms with van der Waals surface area (Å²) in [7, 11) is -4.12. The zero-order valence-electron chi connectivity index (χ0n) is 16.3. The third-order valence-corrected chi connectivity index (χ3v) is 6.56. The minimum atomic E-state index is -4.12. The second-order valence-electron chi connectivity index (χ2n) is 6.78. The molecule has 31 heavy (non-hydrogen) atoms. The van der Waals surface area contributed by atoms with Gasteiger partial charge in [0, 0.05) is 23.5 Å². The number of rotatable bonds is 6. The number of nitrogens with one attached hydrogen (secondary N) is 1. The highest BCUT2D eigenvalue weighted by molar-refractivity contribution is 7.90. The Kier molecular flexibility index (Phi) is 5.15. The average Bonchev–Trinajstić information content (AvgIpc) is 3.00. The van der Waals surface area contributed by atoms with Gasteiger partial charge >= 0.3 is 5.97 Å². The Morgan fingerprint density at radius 3 is 2.55 bits per heavy atom. The highest BCUT2D eigenvalue weighted by atomic mass is 32.2. The molecule has 3 aromatic heterocycles. The topological polar surface area (TPSA) is 114 Å². The van der Waals surface area contributed by atoms with Crippen molar-refractivity contribution in [1.29, 1.82) is 0 Å². The molecule has 0 spiro atoms. The first-order valence-electron chi connectivity index (χ1n) is 9.18. The van der Waals surface area contributed by atoms with E-state index in [1.807, 2.05) is 0 Å². The van der Waals surface area contributed by atoms with Gasteiger partial charge in [0.15, 0.2) is 0 Å². The summed E-state index contributed by atoms with van der Waals surface area (Å²) in [5.41, 5.74) is 0.650. The summed E-state index contributed by atoms with van der Waals surface area (Å²) < 4.78 is 41.6. The Hall–Kier alpha value is -3.79. The normalized spacial score (nSPS) is 11.5. The van der Waals surface area contributed by atoms with Gasteiger partial charge in [-0.3, -0.25) is 4.79 Å². The maximum atomic E-state index is 13.8. The molecule has 0 atom stereocenters. The number of benzene rings is 1.